The van der Waals surface area contributed by atoms with Crippen molar-refractivity contribution in [3.63, 3.8) is 0 Å². The van der Waals surface area contributed by atoms with Crippen molar-refractivity contribution in [1.82, 2.24) is 0 Å². The molecule has 0 spiro atoms. The Kier molecular flexibility index (Phi) is 10.5. The van der Waals surface area contributed by atoms with Gasteiger partial charge in [0.25, 0.3) is 0 Å². The first-order valence-corrected chi connectivity index (χ1v) is 8.48. The van der Waals surface area contributed by atoms with Gasteiger partial charge < -0.3 is 18.9 Å². The highest BCUT2D eigenvalue weighted by Crippen LogP contribution is 2.29. The highest BCUT2D eigenvalue weighted by Gasteiger charge is 2.47. The van der Waals surface area contributed by atoms with Gasteiger partial charge in [-0.1, -0.05) is 37.0 Å². The van der Waals surface area contributed by atoms with Crippen molar-refractivity contribution in [3.05, 3.63) is 15.3 Å². The van der Waals surface area contributed by atoms with Crippen LogP contribution in [0.1, 0.15) is 39.5 Å². The zero-order valence-corrected chi connectivity index (χ0v) is 14.7. The Balaban J connectivity index is 2.99. The largest absolute Gasteiger partial charge is 0.375 e. The molecule has 1 heterocycles. The van der Waals surface area contributed by atoms with E-state index in [0.29, 0.717) is 13.2 Å². The first-order valence-electron chi connectivity index (χ1n) is 8.48. The molecule has 0 aromatic carbocycles. The molecule has 9 heteroatoms. The second-order valence-electron chi connectivity index (χ2n) is 5.66. The average Bonchev–Trinajstić information content (AvgIpc) is 2.59. The summed E-state index contributed by atoms with van der Waals surface area (Å²) in [7, 11) is 1.46. The Bertz CT molecular complexity index is 405. The zero-order chi connectivity index (χ0) is 17.8. The lowest BCUT2D eigenvalue weighted by atomic mass is 9.96. The number of hydrogen-bond acceptors (Lipinski definition) is 7. The third-order valence-electron chi connectivity index (χ3n) is 3.90. The smallest absolute Gasteiger partial charge is 0.168 e. The number of hydrogen-bond donors (Lipinski definition) is 0. The topological polar surface area (TPSA) is 115 Å². The van der Waals surface area contributed by atoms with Crippen molar-refractivity contribution >= 4 is 0 Å². The van der Waals surface area contributed by atoms with Gasteiger partial charge in [0.1, 0.15) is 24.8 Å². The van der Waals surface area contributed by atoms with E-state index >= 15 is 0 Å². The van der Waals surface area contributed by atoms with E-state index in [4.69, 9.17) is 24.5 Å². The van der Waals surface area contributed by atoms with Crippen LogP contribution in [0.15, 0.2) is 10.3 Å². The zero-order valence-electron chi connectivity index (χ0n) is 14.7. The number of nitrogens with zero attached hydrogens (tertiary/aromatic N) is 4. The van der Waals surface area contributed by atoms with Gasteiger partial charge in [0, 0.05) is 25.2 Å². The van der Waals surface area contributed by atoms with Crippen molar-refractivity contribution in [2.24, 2.45) is 10.3 Å². The third kappa shape index (κ3) is 5.99. The van der Waals surface area contributed by atoms with Gasteiger partial charge in [-0.05, 0) is 18.4 Å². The number of methoxy groups -OCH3 is 1. The molecule has 9 nitrogen and oxygen atoms in total. The van der Waals surface area contributed by atoms with E-state index in [9.17, 15) is 4.91 Å². The maximum absolute atomic E-state index is 10.8. The minimum absolute atomic E-state index is 0.0761. The number of unbranched alkanes of at least 4 members (excludes halogenated alkanes) is 2. The quantitative estimate of drug-likeness (QED) is 0.177. The van der Waals surface area contributed by atoms with Crippen LogP contribution in [0.3, 0.4) is 0 Å². The average molecular weight is 344 g/mol. The molecule has 0 aliphatic carbocycles. The fraction of sp³-hybridized carbons (Fsp3) is 1.00. The van der Waals surface area contributed by atoms with E-state index in [0.717, 1.165) is 25.7 Å². The Labute approximate surface area is 142 Å². The molecule has 138 valence electrons. The Morgan fingerprint density at radius 3 is 2.25 bits per heavy atom. The summed E-state index contributed by atoms with van der Waals surface area (Å²) < 4.78 is 22.9. The Morgan fingerprint density at radius 1 is 1.12 bits per heavy atom. The van der Waals surface area contributed by atoms with Crippen molar-refractivity contribution in [1.29, 1.82) is 0 Å². The molecule has 0 bridgehead atoms. The van der Waals surface area contributed by atoms with Crippen LogP contribution in [0.2, 0.25) is 0 Å². The molecule has 1 saturated heterocycles. The lowest BCUT2D eigenvalue weighted by molar-refractivity contribution is -0.265. The number of ether oxygens (including phenoxy) is 4. The van der Waals surface area contributed by atoms with Crippen molar-refractivity contribution < 1.29 is 18.9 Å². The van der Waals surface area contributed by atoms with Gasteiger partial charge in [0.15, 0.2) is 6.29 Å². The normalized spacial score (nSPS) is 29.9. The first-order chi connectivity index (χ1) is 11.7. The second-order valence-corrected chi connectivity index (χ2v) is 5.66. The van der Waals surface area contributed by atoms with Crippen molar-refractivity contribution in [2.45, 2.75) is 70.2 Å². The Morgan fingerprint density at radius 2 is 1.75 bits per heavy atom. The Hall–Kier alpha value is -1.25. The van der Waals surface area contributed by atoms with Crippen LogP contribution < -0.4 is 0 Å². The fourth-order valence-electron chi connectivity index (χ4n) is 2.61. The molecule has 2 unspecified atom stereocenters. The summed E-state index contributed by atoms with van der Waals surface area (Å²) in [5, 5.41) is 6.72. The minimum atomic E-state index is -0.801. The predicted octanol–water partition coefficient (Wildman–Crippen LogP) is 3.17. The standard InChI is InChI=1S/C15H28N4O5/c1-4-6-8-22-13-11(10-17-20)24-15(21-3)12(18-19-16)14(13)23-9-7-5-2/h11-15H,4-10H2,1-3H3/t11?,12?,13-,14-,15+/m1/s1. The van der Waals surface area contributed by atoms with E-state index in [1.807, 2.05) is 0 Å². The molecule has 0 amide bonds. The summed E-state index contributed by atoms with van der Waals surface area (Å²) in [5.41, 5.74) is 8.87. The molecule has 0 saturated carbocycles. The lowest BCUT2D eigenvalue weighted by Crippen LogP contribution is -2.60. The van der Waals surface area contributed by atoms with Crippen LogP contribution >= 0.6 is 0 Å². The molecule has 1 fully saturated rings. The monoisotopic (exact) mass is 344 g/mol. The maximum Gasteiger partial charge on any atom is 0.168 e. The number of azide groups is 1. The molecule has 1 rings (SSSR count). The molecule has 0 aromatic heterocycles. The molecular weight excluding hydrogens is 316 g/mol. The molecule has 24 heavy (non-hydrogen) atoms. The molecule has 1 aliphatic heterocycles. The van der Waals surface area contributed by atoms with Gasteiger partial charge in [-0.25, -0.2) is 0 Å². The SMILES string of the molecule is CCCCO[C@@H]1C(CN=O)O[C@H](OC)C(N=[N+]=[N-])[C@H]1OCCCC. The lowest BCUT2D eigenvalue weighted by Gasteiger charge is -2.43. The molecular formula is C15H28N4O5. The molecule has 0 aromatic rings. The summed E-state index contributed by atoms with van der Waals surface area (Å²) >= 11 is 0. The van der Waals surface area contributed by atoms with E-state index in [2.05, 4.69) is 29.1 Å². The third-order valence-corrected chi connectivity index (χ3v) is 3.90. The number of nitroso groups, excluding NO2 is 1. The first kappa shape index (κ1) is 20.8. The minimum Gasteiger partial charge on any atom is -0.375 e. The van der Waals surface area contributed by atoms with Crippen LogP contribution in [0.25, 0.3) is 10.4 Å². The summed E-state index contributed by atoms with van der Waals surface area (Å²) in [6, 6.07) is -0.689. The van der Waals surface area contributed by atoms with Gasteiger partial charge in [0.2, 0.25) is 0 Å². The van der Waals surface area contributed by atoms with E-state index in [1.165, 1.54) is 7.11 Å². The summed E-state index contributed by atoms with van der Waals surface area (Å²) in [6.07, 6.45) is 1.22. The van der Waals surface area contributed by atoms with Crippen LogP contribution in [-0.2, 0) is 18.9 Å². The van der Waals surface area contributed by atoms with E-state index < -0.39 is 30.6 Å². The van der Waals surface area contributed by atoms with Crippen LogP contribution in [0, 0.1) is 4.91 Å². The highest BCUT2D eigenvalue weighted by molar-refractivity contribution is 4.96. The van der Waals surface area contributed by atoms with Crippen LogP contribution in [0.4, 0.5) is 0 Å². The van der Waals surface area contributed by atoms with Gasteiger partial charge in [-0.15, -0.1) is 0 Å². The maximum atomic E-state index is 10.8. The van der Waals surface area contributed by atoms with Gasteiger partial charge >= 0.3 is 0 Å². The summed E-state index contributed by atoms with van der Waals surface area (Å²) in [5.74, 6) is 0. The van der Waals surface area contributed by atoms with Gasteiger partial charge in [-0.2, -0.15) is 4.91 Å². The highest BCUT2D eigenvalue weighted by atomic mass is 16.7. The number of rotatable bonds is 12. The second kappa shape index (κ2) is 12.2. The summed E-state index contributed by atoms with van der Waals surface area (Å²) in [4.78, 5) is 13.7. The molecule has 0 radical (unpaired) electrons. The van der Waals surface area contributed by atoms with Crippen LogP contribution in [0.5, 0.6) is 0 Å². The van der Waals surface area contributed by atoms with Gasteiger partial charge in [-0.3, -0.25) is 0 Å². The molecule has 0 N–H and O–H groups in total. The van der Waals surface area contributed by atoms with Gasteiger partial charge in [0.05, 0.1) is 6.10 Å². The predicted molar refractivity (Wildman–Crippen MR) is 88.6 cm³/mol. The molecule has 1 aliphatic rings. The molecule has 5 atom stereocenters. The van der Waals surface area contributed by atoms with Crippen LogP contribution in [-0.4, -0.2) is 57.5 Å². The van der Waals surface area contributed by atoms with E-state index in [1.54, 1.807) is 0 Å². The van der Waals surface area contributed by atoms with Crippen molar-refractivity contribution in [2.75, 3.05) is 26.9 Å². The summed E-state index contributed by atoms with van der Waals surface area (Å²) in [6.45, 7) is 5.06. The fourth-order valence-corrected chi connectivity index (χ4v) is 2.61. The van der Waals surface area contributed by atoms with Crippen molar-refractivity contribution in [3.8, 4) is 0 Å². The van der Waals surface area contributed by atoms with E-state index in [-0.39, 0.29) is 6.54 Å².